The Balaban J connectivity index is 3.10. The quantitative estimate of drug-likeness (QED) is 0.845. The lowest BCUT2D eigenvalue weighted by molar-refractivity contribution is 0.282. The Morgan fingerprint density at radius 2 is 2.06 bits per heavy atom. The molecule has 0 fully saturated rings. The van der Waals surface area contributed by atoms with Crippen LogP contribution in [0.4, 0.5) is 0 Å². The van der Waals surface area contributed by atoms with E-state index in [0.29, 0.717) is 10.4 Å². The third kappa shape index (κ3) is 3.32. The van der Waals surface area contributed by atoms with Crippen LogP contribution in [0, 0.1) is 12.8 Å². The van der Waals surface area contributed by atoms with E-state index in [2.05, 4.69) is 4.72 Å². The molecule has 18 heavy (non-hydrogen) atoms. The number of aliphatic hydroxyl groups excluding tert-OH is 1. The van der Waals surface area contributed by atoms with Crippen molar-refractivity contribution in [2.24, 2.45) is 5.92 Å². The summed E-state index contributed by atoms with van der Waals surface area (Å²) in [6.07, 6.45) is 0.745. The zero-order valence-corrected chi connectivity index (χ0v) is 12.9. The molecule has 0 amide bonds. The van der Waals surface area contributed by atoms with E-state index in [4.69, 9.17) is 0 Å². The van der Waals surface area contributed by atoms with Gasteiger partial charge in [-0.2, -0.15) is 0 Å². The van der Waals surface area contributed by atoms with Crippen LogP contribution in [0.25, 0.3) is 0 Å². The summed E-state index contributed by atoms with van der Waals surface area (Å²) >= 11 is 1.28. The van der Waals surface area contributed by atoms with Crippen molar-refractivity contribution < 1.29 is 13.5 Å². The highest BCUT2D eigenvalue weighted by molar-refractivity contribution is 7.89. The third-order valence-corrected chi connectivity index (χ3v) is 5.89. The third-order valence-electron chi connectivity index (χ3n) is 2.95. The van der Waals surface area contributed by atoms with Gasteiger partial charge in [0.05, 0.1) is 11.5 Å². The van der Waals surface area contributed by atoms with E-state index in [9.17, 15) is 13.5 Å². The Labute approximate surface area is 113 Å². The first-order valence-corrected chi connectivity index (χ1v) is 8.39. The van der Waals surface area contributed by atoms with Crippen molar-refractivity contribution in [2.75, 3.05) is 0 Å². The Morgan fingerprint density at radius 1 is 1.44 bits per heavy atom. The zero-order valence-electron chi connectivity index (χ0n) is 11.2. The number of thiophene rings is 1. The fourth-order valence-corrected chi connectivity index (χ4v) is 5.04. The van der Waals surface area contributed by atoms with Crippen LogP contribution in [0.1, 0.15) is 37.6 Å². The van der Waals surface area contributed by atoms with E-state index >= 15 is 0 Å². The number of aryl methyl sites for hydroxylation is 1. The zero-order chi connectivity index (χ0) is 13.9. The molecule has 0 bridgehead atoms. The molecule has 0 radical (unpaired) electrons. The Hall–Kier alpha value is -0.430. The van der Waals surface area contributed by atoms with Gasteiger partial charge in [0.2, 0.25) is 10.0 Å². The second-order valence-corrected chi connectivity index (χ2v) is 7.32. The molecule has 0 aliphatic heterocycles. The lowest BCUT2D eigenvalue weighted by Gasteiger charge is -2.21. The average molecular weight is 291 g/mol. The standard InChI is InChI=1S/C12H21NO3S2/c1-5-10(8(2)3)13-18(15,16)12-9(4)7-17-11(12)6-14/h7-8,10,13-14H,5-6H2,1-4H3. The maximum absolute atomic E-state index is 12.4. The van der Waals surface area contributed by atoms with Gasteiger partial charge >= 0.3 is 0 Å². The van der Waals surface area contributed by atoms with Crippen molar-refractivity contribution in [1.29, 1.82) is 0 Å². The van der Waals surface area contributed by atoms with Crippen LogP contribution in [-0.2, 0) is 16.6 Å². The van der Waals surface area contributed by atoms with Crippen molar-refractivity contribution in [3.8, 4) is 0 Å². The molecule has 1 aromatic heterocycles. The molecule has 1 aromatic rings. The molecular weight excluding hydrogens is 270 g/mol. The summed E-state index contributed by atoms with van der Waals surface area (Å²) < 4.78 is 27.4. The van der Waals surface area contributed by atoms with Gasteiger partial charge in [0.25, 0.3) is 0 Å². The largest absolute Gasteiger partial charge is 0.391 e. The second kappa shape index (κ2) is 6.14. The number of hydrogen-bond acceptors (Lipinski definition) is 4. The van der Waals surface area contributed by atoms with E-state index in [-0.39, 0.29) is 23.5 Å². The van der Waals surface area contributed by atoms with Gasteiger partial charge < -0.3 is 5.11 Å². The van der Waals surface area contributed by atoms with Gasteiger partial charge in [-0.15, -0.1) is 11.3 Å². The molecule has 4 nitrogen and oxygen atoms in total. The summed E-state index contributed by atoms with van der Waals surface area (Å²) in [6, 6.07) is -0.0826. The highest BCUT2D eigenvalue weighted by atomic mass is 32.2. The van der Waals surface area contributed by atoms with Gasteiger partial charge in [0.15, 0.2) is 0 Å². The molecule has 1 heterocycles. The molecule has 1 unspecified atom stereocenters. The van der Waals surface area contributed by atoms with Crippen LogP contribution < -0.4 is 4.72 Å². The van der Waals surface area contributed by atoms with Crippen LogP contribution in [0.3, 0.4) is 0 Å². The van der Waals surface area contributed by atoms with Crippen molar-refractivity contribution in [2.45, 2.75) is 51.7 Å². The minimum Gasteiger partial charge on any atom is -0.391 e. The number of sulfonamides is 1. The first kappa shape index (κ1) is 15.6. The molecule has 0 spiro atoms. The minimum atomic E-state index is -3.55. The van der Waals surface area contributed by atoms with Crippen LogP contribution >= 0.6 is 11.3 Å². The molecule has 0 saturated heterocycles. The van der Waals surface area contributed by atoms with Crippen LogP contribution in [0.15, 0.2) is 10.3 Å². The maximum atomic E-state index is 12.4. The molecule has 0 aliphatic carbocycles. The lowest BCUT2D eigenvalue weighted by Crippen LogP contribution is -2.38. The molecule has 6 heteroatoms. The van der Waals surface area contributed by atoms with Gasteiger partial charge in [0.1, 0.15) is 4.90 Å². The minimum absolute atomic E-state index is 0.0826. The van der Waals surface area contributed by atoms with Gasteiger partial charge in [-0.1, -0.05) is 20.8 Å². The summed E-state index contributed by atoms with van der Waals surface area (Å²) in [6.45, 7) is 7.45. The van der Waals surface area contributed by atoms with Crippen molar-refractivity contribution in [1.82, 2.24) is 4.72 Å². The number of nitrogens with one attached hydrogen (secondary N) is 1. The first-order chi connectivity index (χ1) is 8.33. The fraction of sp³-hybridized carbons (Fsp3) is 0.667. The van der Waals surface area contributed by atoms with Crippen molar-refractivity contribution in [3.63, 3.8) is 0 Å². The van der Waals surface area contributed by atoms with E-state index < -0.39 is 10.0 Å². The highest BCUT2D eigenvalue weighted by Crippen LogP contribution is 2.27. The lowest BCUT2D eigenvalue weighted by atomic mass is 10.0. The maximum Gasteiger partial charge on any atom is 0.242 e. The van der Waals surface area contributed by atoms with Gasteiger partial charge in [0, 0.05) is 6.04 Å². The Bertz CT molecular complexity index is 491. The SMILES string of the molecule is CCC(NS(=O)(=O)c1c(C)csc1CO)C(C)C. The van der Waals surface area contributed by atoms with Gasteiger partial charge in [-0.25, -0.2) is 13.1 Å². The van der Waals surface area contributed by atoms with Gasteiger partial charge in [-0.3, -0.25) is 0 Å². The first-order valence-electron chi connectivity index (χ1n) is 6.03. The molecule has 0 aliphatic rings. The second-order valence-electron chi connectivity index (χ2n) is 4.71. The van der Waals surface area contributed by atoms with E-state index in [1.54, 1.807) is 12.3 Å². The van der Waals surface area contributed by atoms with Crippen LogP contribution in [0.2, 0.25) is 0 Å². The number of aliphatic hydroxyl groups is 1. The van der Waals surface area contributed by atoms with Crippen LogP contribution in [0.5, 0.6) is 0 Å². The van der Waals surface area contributed by atoms with E-state index in [0.717, 1.165) is 6.42 Å². The number of rotatable bonds is 6. The molecule has 1 atom stereocenters. The predicted octanol–water partition coefficient (Wildman–Crippen LogP) is 2.26. The number of hydrogen-bond donors (Lipinski definition) is 2. The highest BCUT2D eigenvalue weighted by Gasteiger charge is 2.26. The van der Waals surface area contributed by atoms with Crippen molar-refractivity contribution >= 4 is 21.4 Å². The Morgan fingerprint density at radius 3 is 2.50 bits per heavy atom. The van der Waals surface area contributed by atoms with Crippen molar-refractivity contribution in [3.05, 3.63) is 15.8 Å². The predicted molar refractivity (Wildman–Crippen MR) is 74.2 cm³/mol. The summed E-state index contributed by atoms with van der Waals surface area (Å²) in [5.74, 6) is 0.237. The Kier molecular flexibility index (Phi) is 5.33. The van der Waals surface area contributed by atoms with E-state index in [1.165, 1.54) is 11.3 Å². The van der Waals surface area contributed by atoms with Crippen LogP contribution in [-0.4, -0.2) is 19.6 Å². The van der Waals surface area contributed by atoms with E-state index in [1.807, 2.05) is 20.8 Å². The molecular formula is C12H21NO3S2. The normalized spacial score (nSPS) is 14.1. The van der Waals surface area contributed by atoms with Gasteiger partial charge in [-0.05, 0) is 30.2 Å². The average Bonchev–Trinajstić information content (AvgIpc) is 2.67. The molecule has 104 valence electrons. The molecule has 0 saturated carbocycles. The summed E-state index contributed by atoms with van der Waals surface area (Å²) in [7, 11) is -3.55. The topological polar surface area (TPSA) is 66.4 Å². The molecule has 2 N–H and O–H groups in total. The summed E-state index contributed by atoms with van der Waals surface area (Å²) in [4.78, 5) is 0.743. The molecule has 1 rings (SSSR count). The fourth-order valence-electron chi connectivity index (χ4n) is 1.91. The summed E-state index contributed by atoms with van der Waals surface area (Å²) in [5, 5.41) is 11.0. The summed E-state index contributed by atoms with van der Waals surface area (Å²) in [5.41, 5.74) is 0.690. The monoisotopic (exact) mass is 291 g/mol. The molecule has 0 aromatic carbocycles. The smallest absolute Gasteiger partial charge is 0.242 e.